The highest BCUT2D eigenvalue weighted by molar-refractivity contribution is 7.46. The van der Waals surface area contributed by atoms with E-state index < -0.39 is 8.38 Å². The Labute approximate surface area is 57.5 Å². The van der Waals surface area contributed by atoms with Gasteiger partial charge in [0.2, 0.25) is 0 Å². The first-order valence-electron chi connectivity index (χ1n) is 3.16. The largest absolute Gasteiger partial charge is 0.334 e. The molecule has 0 amide bonds. The molecule has 1 heterocycles. The number of hydrogen-bond donors (Lipinski definition) is 0. The molecule has 0 aromatic heterocycles. The van der Waals surface area contributed by atoms with Gasteiger partial charge in [0.1, 0.15) is 0 Å². The molecule has 2 nitrogen and oxygen atoms in total. The van der Waals surface area contributed by atoms with E-state index in [1.54, 1.807) is 0 Å². The molecule has 53 valence electrons. The summed E-state index contributed by atoms with van der Waals surface area (Å²) >= 11 is 0. The van der Waals surface area contributed by atoms with Crippen LogP contribution in [0.25, 0.3) is 0 Å². The molecule has 0 aromatic rings. The van der Waals surface area contributed by atoms with Gasteiger partial charge in [-0.05, 0) is 6.42 Å². The van der Waals surface area contributed by atoms with E-state index in [1.165, 1.54) is 5.92 Å². The first kappa shape index (κ1) is 7.46. The van der Waals surface area contributed by atoms with E-state index in [0.29, 0.717) is 0 Å². The molecule has 0 N–H and O–H groups in total. The first-order chi connectivity index (χ1) is 4.33. The molecule has 0 aliphatic carbocycles. The van der Waals surface area contributed by atoms with Crippen LogP contribution < -0.4 is 0 Å². The van der Waals surface area contributed by atoms with Crippen molar-refractivity contribution in [1.29, 1.82) is 0 Å². The molecule has 0 aromatic carbocycles. The third kappa shape index (κ3) is 2.21. The van der Waals surface area contributed by atoms with Crippen molar-refractivity contribution in [3.8, 4) is 0 Å². The van der Waals surface area contributed by atoms with Crippen molar-refractivity contribution in [1.82, 2.24) is 0 Å². The number of hydrogen-bond acceptors (Lipinski definition) is 2. The van der Waals surface area contributed by atoms with E-state index in [9.17, 15) is 0 Å². The molecule has 0 spiro atoms. The second-order valence-corrected chi connectivity index (χ2v) is 3.49. The Hall–Kier alpha value is 0.350. The molecule has 3 heteroatoms. The van der Waals surface area contributed by atoms with Crippen molar-refractivity contribution in [3.05, 3.63) is 5.92 Å². The van der Waals surface area contributed by atoms with Crippen LogP contribution in [-0.2, 0) is 9.05 Å². The van der Waals surface area contributed by atoms with Crippen LogP contribution in [0, 0.1) is 5.92 Å². The van der Waals surface area contributed by atoms with Crippen LogP contribution in [0.15, 0.2) is 0 Å². The summed E-state index contributed by atoms with van der Waals surface area (Å²) in [6, 6.07) is 0. The molecule has 1 aliphatic rings. The normalized spacial score (nSPS) is 24.7. The summed E-state index contributed by atoms with van der Waals surface area (Å²) < 4.78 is 10.6. The van der Waals surface area contributed by atoms with Crippen LogP contribution in [0.4, 0.5) is 0 Å². The average molecular weight is 147 g/mol. The van der Waals surface area contributed by atoms with Gasteiger partial charge in [-0.3, -0.25) is 0 Å². The van der Waals surface area contributed by atoms with E-state index in [2.05, 4.69) is 6.92 Å². The Morgan fingerprint density at radius 2 is 2.00 bits per heavy atom. The Morgan fingerprint density at radius 3 is 2.44 bits per heavy atom. The highest BCUT2D eigenvalue weighted by Gasteiger charge is 2.17. The molecular weight excluding hydrogens is 135 g/mol. The molecule has 0 saturated carbocycles. The second kappa shape index (κ2) is 3.50. The Balaban J connectivity index is 2.18. The van der Waals surface area contributed by atoms with Gasteiger partial charge in [-0.15, -0.1) is 0 Å². The smallest absolute Gasteiger partial charge is 0.167 e. The van der Waals surface area contributed by atoms with Crippen LogP contribution in [0.5, 0.6) is 0 Å². The fourth-order valence-electron chi connectivity index (χ4n) is 0.647. The van der Waals surface area contributed by atoms with Gasteiger partial charge in [-0.2, -0.15) is 0 Å². The summed E-state index contributed by atoms with van der Waals surface area (Å²) in [5.74, 6) is 1.37. The summed E-state index contributed by atoms with van der Waals surface area (Å²) in [7, 11) is -0.545. The SMILES string of the molecule is CC[C]1COP(C)OC1. The van der Waals surface area contributed by atoms with Gasteiger partial charge in [-0.25, -0.2) is 0 Å². The van der Waals surface area contributed by atoms with Crippen LogP contribution in [0.3, 0.4) is 0 Å². The fourth-order valence-corrected chi connectivity index (χ4v) is 1.45. The standard InChI is InChI=1S/C6H12O2P/c1-3-6-4-7-9(2)8-5-6/h3-5H2,1-2H3. The number of rotatable bonds is 1. The summed E-state index contributed by atoms with van der Waals surface area (Å²) in [4.78, 5) is 0. The van der Waals surface area contributed by atoms with Crippen molar-refractivity contribution >= 4 is 8.38 Å². The zero-order valence-electron chi connectivity index (χ0n) is 5.89. The minimum Gasteiger partial charge on any atom is -0.334 e. The van der Waals surface area contributed by atoms with Crippen LogP contribution >= 0.6 is 8.38 Å². The molecule has 0 unspecified atom stereocenters. The molecular formula is C6H12O2P. The van der Waals surface area contributed by atoms with Gasteiger partial charge in [0.15, 0.2) is 8.38 Å². The van der Waals surface area contributed by atoms with E-state index in [1.807, 2.05) is 6.66 Å². The quantitative estimate of drug-likeness (QED) is 0.528. The highest BCUT2D eigenvalue weighted by atomic mass is 31.2. The predicted octanol–water partition coefficient (Wildman–Crippen LogP) is 1.96. The van der Waals surface area contributed by atoms with Gasteiger partial charge >= 0.3 is 0 Å². The van der Waals surface area contributed by atoms with E-state index in [-0.39, 0.29) is 0 Å². The molecule has 1 aliphatic heterocycles. The van der Waals surface area contributed by atoms with Crippen LogP contribution in [-0.4, -0.2) is 19.9 Å². The van der Waals surface area contributed by atoms with Crippen LogP contribution in [0.1, 0.15) is 13.3 Å². The first-order valence-corrected chi connectivity index (χ1v) is 4.78. The van der Waals surface area contributed by atoms with Crippen molar-refractivity contribution in [2.24, 2.45) is 0 Å². The van der Waals surface area contributed by atoms with Gasteiger partial charge in [0.05, 0.1) is 13.2 Å². The lowest BCUT2D eigenvalue weighted by molar-refractivity contribution is 0.200. The summed E-state index contributed by atoms with van der Waals surface area (Å²) in [6.07, 6.45) is 1.09. The van der Waals surface area contributed by atoms with Gasteiger partial charge in [0, 0.05) is 12.6 Å². The van der Waals surface area contributed by atoms with E-state index >= 15 is 0 Å². The summed E-state index contributed by atoms with van der Waals surface area (Å²) in [5, 5.41) is 0. The van der Waals surface area contributed by atoms with Gasteiger partial charge in [-0.1, -0.05) is 6.92 Å². The van der Waals surface area contributed by atoms with Crippen molar-refractivity contribution in [2.75, 3.05) is 19.9 Å². The third-order valence-corrected chi connectivity index (χ3v) is 2.39. The summed E-state index contributed by atoms with van der Waals surface area (Å²) in [5.41, 5.74) is 0. The zero-order valence-corrected chi connectivity index (χ0v) is 6.78. The maximum atomic E-state index is 5.29. The minimum atomic E-state index is -0.545. The Morgan fingerprint density at radius 1 is 1.44 bits per heavy atom. The molecule has 9 heavy (non-hydrogen) atoms. The molecule has 1 rings (SSSR count). The summed E-state index contributed by atoms with van der Waals surface area (Å²) in [6.45, 7) is 5.75. The van der Waals surface area contributed by atoms with Gasteiger partial charge in [0.25, 0.3) is 0 Å². The average Bonchev–Trinajstić information content (AvgIpc) is 1.90. The van der Waals surface area contributed by atoms with Gasteiger partial charge < -0.3 is 9.05 Å². The van der Waals surface area contributed by atoms with E-state index in [4.69, 9.17) is 9.05 Å². The topological polar surface area (TPSA) is 18.5 Å². The predicted molar refractivity (Wildman–Crippen MR) is 38.3 cm³/mol. The lowest BCUT2D eigenvalue weighted by atomic mass is 10.1. The molecule has 1 fully saturated rings. The molecule has 1 saturated heterocycles. The maximum Gasteiger partial charge on any atom is 0.167 e. The Bertz CT molecular complexity index is 79.1. The zero-order chi connectivity index (χ0) is 6.69. The molecule has 1 radical (unpaired) electrons. The van der Waals surface area contributed by atoms with Crippen molar-refractivity contribution < 1.29 is 9.05 Å². The van der Waals surface area contributed by atoms with Crippen molar-refractivity contribution in [2.45, 2.75) is 13.3 Å². The fraction of sp³-hybridized carbons (Fsp3) is 0.833. The monoisotopic (exact) mass is 147 g/mol. The minimum absolute atomic E-state index is 0.545. The molecule has 0 atom stereocenters. The van der Waals surface area contributed by atoms with E-state index in [0.717, 1.165) is 19.6 Å². The van der Waals surface area contributed by atoms with Crippen molar-refractivity contribution in [3.63, 3.8) is 0 Å². The highest BCUT2D eigenvalue weighted by Crippen LogP contribution is 2.39. The third-order valence-electron chi connectivity index (χ3n) is 1.40. The lowest BCUT2D eigenvalue weighted by Crippen LogP contribution is -2.15. The van der Waals surface area contributed by atoms with Crippen LogP contribution in [0.2, 0.25) is 0 Å². The molecule has 0 bridgehead atoms. The lowest BCUT2D eigenvalue weighted by Gasteiger charge is -2.24. The Kier molecular flexibility index (Phi) is 2.90. The maximum absolute atomic E-state index is 5.29. The second-order valence-electron chi connectivity index (χ2n) is 2.09.